The molecule has 0 saturated heterocycles. The van der Waals surface area contributed by atoms with Gasteiger partial charge in [0, 0.05) is 0 Å². The zero-order chi connectivity index (χ0) is 12.1. The zero-order valence-electron chi connectivity index (χ0n) is 9.12. The third-order valence-electron chi connectivity index (χ3n) is 1.24. The highest BCUT2D eigenvalue weighted by molar-refractivity contribution is 7.45. The molecular formula is C7H18NO6P. The summed E-state index contributed by atoms with van der Waals surface area (Å²) in [7, 11) is 0.865. The molecule has 0 aromatic carbocycles. The van der Waals surface area contributed by atoms with Crippen LogP contribution in [0.25, 0.3) is 0 Å². The summed E-state index contributed by atoms with van der Waals surface area (Å²) in [6.07, 6.45) is -1.22. The van der Waals surface area contributed by atoms with E-state index < -0.39 is 27.1 Å². The minimum atomic E-state index is -4.39. The van der Waals surface area contributed by atoms with Gasteiger partial charge in [-0.15, -0.1) is 0 Å². The van der Waals surface area contributed by atoms with E-state index in [2.05, 4.69) is 9.05 Å². The Morgan fingerprint density at radius 3 is 2.33 bits per heavy atom. The van der Waals surface area contributed by atoms with Crippen LogP contribution in [0.5, 0.6) is 0 Å². The standard InChI is InChI=1S/C7H18NO6P/c1-8(2,3)6-14-15(11,12)13-5-7(10)4-9/h7,9-10H,4-6H2,1-3H3. The average molecular weight is 243 g/mol. The molecule has 92 valence electrons. The van der Waals surface area contributed by atoms with Gasteiger partial charge in [0.25, 0.3) is 7.82 Å². The van der Waals surface area contributed by atoms with Crippen LogP contribution in [0.2, 0.25) is 0 Å². The Kier molecular flexibility index (Phi) is 5.90. The van der Waals surface area contributed by atoms with Gasteiger partial charge in [0.05, 0.1) is 34.4 Å². The molecule has 2 N–H and O–H groups in total. The maximum atomic E-state index is 11.1. The predicted octanol–water partition coefficient (Wildman–Crippen LogP) is -1.50. The van der Waals surface area contributed by atoms with Crippen molar-refractivity contribution in [2.75, 3.05) is 41.1 Å². The Morgan fingerprint density at radius 1 is 1.40 bits per heavy atom. The molecule has 0 spiro atoms. The van der Waals surface area contributed by atoms with E-state index in [-0.39, 0.29) is 6.73 Å². The number of hydrogen-bond acceptors (Lipinski definition) is 6. The summed E-state index contributed by atoms with van der Waals surface area (Å²) in [4.78, 5) is 11.1. The van der Waals surface area contributed by atoms with Crippen LogP contribution in [-0.4, -0.2) is 61.9 Å². The van der Waals surface area contributed by atoms with Crippen molar-refractivity contribution < 1.29 is 33.2 Å². The average Bonchev–Trinajstić information content (AvgIpc) is 2.10. The first-order chi connectivity index (χ1) is 6.66. The molecule has 0 bridgehead atoms. The molecule has 0 amide bonds. The van der Waals surface area contributed by atoms with Gasteiger partial charge in [-0.1, -0.05) is 0 Å². The second kappa shape index (κ2) is 5.91. The van der Waals surface area contributed by atoms with E-state index in [9.17, 15) is 9.46 Å². The summed E-state index contributed by atoms with van der Waals surface area (Å²) < 4.78 is 20.3. The number of hydrogen-bond donors (Lipinski definition) is 2. The largest absolute Gasteiger partial charge is 0.756 e. The summed E-state index contributed by atoms with van der Waals surface area (Å²) >= 11 is 0. The molecule has 8 heteroatoms. The fraction of sp³-hybridized carbons (Fsp3) is 1.00. The third kappa shape index (κ3) is 8.95. The molecule has 0 aliphatic rings. The quantitative estimate of drug-likeness (QED) is 0.321. The topological polar surface area (TPSA) is 99.1 Å². The second-order valence-electron chi connectivity index (χ2n) is 4.13. The van der Waals surface area contributed by atoms with Crippen molar-refractivity contribution in [3.8, 4) is 0 Å². The van der Waals surface area contributed by atoms with E-state index in [1.165, 1.54) is 0 Å². The highest BCUT2D eigenvalue weighted by Gasteiger charge is 2.16. The Hall–Kier alpha value is -0.0100. The minimum Gasteiger partial charge on any atom is -0.756 e. The summed E-state index contributed by atoms with van der Waals surface area (Å²) in [5.74, 6) is 0. The van der Waals surface area contributed by atoms with Crippen molar-refractivity contribution in [3.63, 3.8) is 0 Å². The maximum Gasteiger partial charge on any atom is 0.272 e. The van der Waals surface area contributed by atoms with Crippen LogP contribution in [0.15, 0.2) is 0 Å². The van der Waals surface area contributed by atoms with E-state index in [4.69, 9.17) is 10.2 Å². The fourth-order valence-electron chi connectivity index (χ4n) is 0.511. The van der Waals surface area contributed by atoms with Crippen molar-refractivity contribution >= 4 is 7.82 Å². The molecule has 0 fully saturated rings. The van der Waals surface area contributed by atoms with Crippen LogP contribution in [-0.2, 0) is 13.6 Å². The lowest BCUT2D eigenvalue weighted by Crippen LogP contribution is -2.37. The van der Waals surface area contributed by atoms with Crippen molar-refractivity contribution in [2.45, 2.75) is 6.10 Å². The molecule has 0 aliphatic heterocycles. The van der Waals surface area contributed by atoms with Gasteiger partial charge in [-0.3, -0.25) is 9.09 Å². The first kappa shape index (κ1) is 15.0. The molecule has 0 rings (SSSR count). The van der Waals surface area contributed by atoms with Crippen molar-refractivity contribution in [1.82, 2.24) is 0 Å². The number of quaternary nitrogens is 1. The van der Waals surface area contributed by atoms with Gasteiger partial charge < -0.3 is 24.1 Å². The summed E-state index contributed by atoms with van der Waals surface area (Å²) in [6.45, 7) is -1.13. The van der Waals surface area contributed by atoms with Crippen molar-refractivity contribution in [3.05, 3.63) is 0 Å². The molecule has 7 nitrogen and oxygen atoms in total. The number of phosphoric ester groups is 1. The van der Waals surface area contributed by atoms with Gasteiger partial charge >= 0.3 is 0 Å². The Morgan fingerprint density at radius 2 is 1.93 bits per heavy atom. The lowest BCUT2D eigenvalue weighted by atomic mass is 10.4. The van der Waals surface area contributed by atoms with E-state index in [0.29, 0.717) is 4.48 Å². The van der Waals surface area contributed by atoms with E-state index in [0.717, 1.165) is 0 Å². The summed E-state index contributed by atoms with van der Waals surface area (Å²) in [5.41, 5.74) is 0. The van der Waals surface area contributed by atoms with E-state index >= 15 is 0 Å². The van der Waals surface area contributed by atoms with Crippen molar-refractivity contribution in [1.29, 1.82) is 0 Å². The Labute approximate surface area is 89.1 Å². The molecule has 2 atom stereocenters. The molecule has 0 heterocycles. The SMILES string of the molecule is C[N+](C)(C)COP(=O)([O-])OCC(O)CO. The maximum absolute atomic E-state index is 11.1. The lowest BCUT2D eigenvalue weighted by Gasteiger charge is -2.29. The lowest BCUT2D eigenvalue weighted by molar-refractivity contribution is -0.887. The van der Waals surface area contributed by atoms with Crippen LogP contribution < -0.4 is 4.89 Å². The Bertz CT molecular complexity index is 228. The molecule has 0 aliphatic carbocycles. The predicted molar refractivity (Wildman–Crippen MR) is 50.6 cm³/mol. The first-order valence-electron chi connectivity index (χ1n) is 4.36. The van der Waals surface area contributed by atoms with E-state index in [1.807, 2.05) is 0 Å². The van der Waals surface area contributed by atoms with Crippen molar-refractivity contribution in [2.24, 2.45) is 0 Å². The molecular weight excluding hydrogens is 225 g/mol. The highest BCUT2D eigenvalue weighted by atomic mass is 31.2. The molecule has 0 radical (unpaired) electrons. The van der Waals surface area contributed by atoms with Gasteiger partial charge in [0.2, 0.25) is 0 Å². The highest BCUT2D eigenvalue weighted by Crippen LogP contribution is 2.38. The van der Waals surface area contributed by atoms with Gasteiger partial charge in [-0.05, 0) is 0 Å². The summed E-state index contributed by atoms with van der Waals surface area (Å²) in [5, 5.41) is 17.3. The zero-order valence-corrected chi connectivity index (χ0v) is 10.0. The van der Waals surface area contributed by atoms with Gasteiger partial charge in [0.1, 0.15) is 6.10 Å². The van der Waals surface area contributed by atoms with Gasteiger partial charge in [-0.2, -0.15) is 0 Å². The van der Waals surface area contributed by atoms with Crippen LogP contribution in [0.4, 0.5) is 0 Å². The number of aliphatic hydroxyl groups excluding tert-OH is 2. The number of nitrogens with zero attached hydrogens (tertiary/aromatic N) is 1. The molecule has 2 unspecified atom stereocenters. The van der Waals surface area contributed by atoms with Crippen LogP contribution in [0.1, 0.15) is 0 Å². The number of aliphatic hydroxyl groups is 2. The smallest absolute Gasteiger partial charge is 0.272 e. The number of rotatable bonds is 7. The number of phosphoric acid groups is 1. The fourth-order valence-corrected chi connectivity index (χ4v) is 1.43. The van der Waals surface area contributed by atoms with Gasteiger partial charge in [-0.25, -0.2) is 0 Å². The van der Waals surface area contributed by atoms with E-state index in [1.54, 1.807) is 21.1 Å². The van der Waals surface area contributed by atoms with Crippen LogP contribution in [0.3, 0.4) is 0 Å². The van der Waals surface area contributed by atoms with Gasteiger partial charge in [0.15, 0.2) is 6.73 Å². The summed E-state index contributed by atoms with van der Waals surface area (Å²) in [6, 6.07) is 0. The molecule has 15 heavy (non-hydrogen) atoms. The Balaban J connectivity index is 3.93. The normalized spacial score (nSPS) is 18.5. The first-order valence-corrected chi connectivity index (χ1v) is 5.82. The monoisotopic (exact) mass is 243 g/mol. The van der Waals surface area contributed by atoms with Crippen LogP contribution >= 0.6 is 7.82 Å². The van der Waals surface area contributed by atoms with Crippen LogP contribution in [0, 0.1) is 0 Å². The molecule has 0 saturated carbocycles. The third-order valence-corrected chi connectivity index (χ3v) is 2.14. The second-order valence-corrected chi connectivity index (χ2v) is 5.54. The minimum absolute atomic E-state index is 0.0595. The molecule has 0 aromatic rings. The molecule has 0 aromatic heterocycles.